The quantitative estimate of drug-likeness (QED) is 0.743. The van der Waals surface area contributed by atoms with E-state index < -0.39 is 48.3 Å². The Balaban J connectivity index is 5.27. The first kappa shape index (κ1) is 19.4. The first-order chi connectivity index (χ1) is 9.14. The Labute approximate surface area is 114 Å². The average Bonchev–Trinajstić information content (AvgIpc) is 2.25. The van der Waals surface area contributed by atoms with Crippen LogP contribution in [0, 0.1) is 5.92 Å². The molecule has 1 N–H and O–H groups in total. The second-order valence-corrected chi connectivity index (χ2v) is 4.62. The maximum absolute atomic E-state index is 13.0. The van der Waals surface area contributed by atoms with Crippen LogP contribution in [-0.2, 0) is 9.59 Å². The molecule has 0 aromatic carbocycles. The number of carboxylic acid groups (broad SMARTS) is 1. The number of rotatable bonds is 6. The maximum atomic E-state index is 13.0. The molecule has 0 bridgehead atoms. The molecule has 11 heteroatoms. The molecule has 0 aliphatic rings. The van der Waals surface area contributed by atoms with Gasteiger partial charge in [-0.1, -0.05) is 13.8 Å². The zero-order valence-corrected chi connectivity index (χ0v) is 10.7. The van der Waals surface area contributed by atoms with Crippen LogP contribution in [0.2, 0.25) is 0 Å². The zero-order valence-electron chi connectivity index (χ0n) is 10.7. The predicted octanol–water partition coefficient (Wildman–Crippen LogP) is 1.10. The molecule has 0 aliphatic carbocycles. The van der Waals surface area contributed by atoms with Crippen molar-refractivity contribution >= 4 is 11.9 Å². The second-order valence-electron chi connectivity index (χ2n) is 4.62. The third-order valence-electron chi connectivity index (χ3n) is 2.33. The molecule has 1 atom stereocenters. The van der Waals surface area contributed by atoms with Gasteiger partial charge in [-0.3, -0.25) is 4.79 Å². The van der Waals surface area contributed by atoms with E-state index in [1.54, 1.807) is 0 Å². The highest BCUT2D eigenvalue weighted by Crippen LogP contribution is 2.46. The number of hydrogen-bond acceptors (Lipinski definition) is 3. The van der Waals surface area contributed by atoms with Crippen molar-refractivity contribution in [2.45, 2.75) is 44.3 Å². The minimum absolute atomic E-state index is 0.482. The third-order valence-corrected chi connectivity index (χ3v) is 2.33. The summed E-state index contributed by atoms with van der Waals surface area (Å²) in [5, 5.41) is 11.5. The standard InChI is InChI=1S/C10H12F7NO3/c1-4(2)3-5(6(19)20)18-7(21)8(11,12)9(13,14)10(15,16)17/h4-5H,3H2,1-2H3,(H,18,21)(H,19,20)/p-1. The molecular weight excluding hydrogens is 315 g/mol. The summed E-state index contributed by atoms with van der Waals surface area (Å²) in [4.78, 5) is 21.5. The van der Waals surface area contributed by atoms with Gasteiger partial charge in [-0.05, 0) is 12.3 Å². The summed E-state index contributed by atoms with van der Waals surface area (Å²) >= 11 is 0. The van der Waals surface area contributed by atoms with Gasteiger partial charge in [-0.2, -0.15) is 30.7 Å². The fourth-order valence-electron chi connectivity index (χ4n) is 1.25. The highest BCUT2D eigenvalue weighted by atomic mass is 19.4. The van der Waals surface area contributed by atoms with E-state index in [1.165, 1.54) is 13.8 Å². The molecule has 0 radical (unpaired) electrons. The van der Waals surface area contributed by atoms with Gasteiger partial charge >= 0.3 is 18.0 Å². The van der Waals surface area contributed by atoms with Gasteiger partial charge in [0.1, 0.15) is 0 Å². The van der Waals surface area contributed by atoms with Crippen molar-refractivity contribution in [3.63, 3.8) is 0 Å². The van der Waals surface area contributed by atoms with E-state index in [9.17, 15) is 45.4 Å². The van der Waals surface area contributed by atoms with E-state index in [-0.39, 0.29) is 0 Å². The summed E-state index contributed by atoms with van der Waals surface area (Å²) in [5.41, 5.74) is 0. The normalized spacial score (nSPS) is 15.0. The number of amides is 1. The Morgan fingerprint density at radius 1 is 1.05 bits per heavy atom. The minimum atomic E-state index is -6.68. The fraction of sp³-hybridized carbons (Fsp3) is 0.800. The van der Waals surface area contributed by atoms with Crippen LogP contribution in [0.25, 0.3) is 0 Å². The van der Waals surface area contributed by atoms with Gasteiger partial charge in [0.25, 0.3) is 5.91 Å². The second kappa shape index (κ2) is 6.06. The van der Waals surface area contributed by atoms with Crippen LogP contribution in [-0.4, -0.2) is 35.9 Å². The lowest BCUT2D eigenvalue weighted by atomic mass is 10.0. The molecule has 1 unspecified atom stereocenters. The lowest BCUT2D eigenvalue weighted by Crippen LogP contribution is -2.62. The molecule has 0 aromatic heterocycles. The van der Waals surface area contributed by atoms with Crippen molar-refractivity contribution in [1.82, 2.24) is 5.32 Å². The number of alkyl halides is 7. The Morgan fingerprint density at radius 2 is 1.48 bits per heavy atom. The molecule has 4 nitrogen and oxygen atoms in total. The molecule has 1 amide bonds. The highest BCUT2D eigenvalue weighted by molar-refractivity contribution is 5.88. The Hall–Kier alpha value is -1.55. The largest absolute Gasteiger partial charge is 0.548 e. The molecule has 0 saturated heterocycles. The number of hydrogen-bond donors (Lipinski definition) is 1. The molecule has 0 fully saturated rings. The number of halogens is 7. The van der Waals surface area contributed by atoms with Gasteiger partial charge in [0.2, 0.25) is 0 Å². The van der Waals surface area contributed by atoms with E-state index in [1.807, 2.05) is 0 Å². The van der Waals surface area contributed by atoms with Crippen molar-refractivity contribution in [3.05, 3.63) is 0 Å². The first-order valence-corrected chi connectivity index (χ1v) is 5.48. The molecule has 0 saturated carbocycles. The SMILES string of the molecule is CC(C)CC(NC(=O)C(F)(F)C(F)(F)C(F)(F)F)C(=O)[O-]. The van der Waals surface area contributed by atoms with E-state index >= 15 is 0 Å². The summed E-state index contributed by atoms with van der Waals surface area (Å²) in [6.45, 7) is 2.81. The minimum Gasteiger partial charge on any atom is -0.548 e. The number of aliphatic carboxylic acids is 1. The van der Waals surface area contributed by atoms with Crippen molar-refractivity contribution in [2.75, 3.05) is 0 Å². The third kappa shape index (κ3) is 4.21. The number of carbonyl (C=O) groups excluding carboxylic acids is 2. The summed E-state index contributed by atoms with van der Waals surface area (Å²) in [6, 6.07) is -2.12. The van der Waals surface area contributed by atoms with Gasteiger partial charge in [-0.25, -0.2) is 0 Å². The summed E-state index contributed by atoms with van der Waals surface area (Å²) in [6.07, 6.45) is -7.16. The lowest BCUT2D eigenvalue weighted by Gasteiger charge is -2.29. The zero-order chi connectivity index (χ0) is 17.2. The van der Waals surface area contributed by atoms with Gasteiger partial charge in [0.15, 0.2) is 0 Å². The molecule has 0 rings (SSSR count). The molecular formula is C10H11F7NO3-. The summed E-state index contributed by atoms with van der Waals surface area (Å²) in [5.74, 6) is -18.4. The number of carbonyl (C=O) groups is 2. The molecule has 0 aliphatic heterocycles. The van der Waals surface area contributed by atoms with Crippen molar-refractivity contribution in [1.29, 1.82) is 0 Å². The van der Waals surface area contributed by atoms with Gasteiger partial charge in [0, 0.05) is 0 Å². The van der Waals surface area contributed by atoms with Crippen LogP contribution in [0.5, 0.6) is 0 Å². The van der Waals surface area contributed by atoms with Gasteiger partial charge in [-0.15, -0.1) is 0 Å². The topological polar surface area (TPSA) is 69.2 Å². The van der Waals surface area contributed by atoms with Crippen LogP contribution in [0.3, 0.4) is 0 Å². The van der Waals surface area contributed by atoms with Crippen LogP contribution in [0.1, 0.15) is 20.3 Å². The molecule has 0 spiro atoms. The molecule has 21 heavy (non-hydrogen) atoms. The number of carboxylic acids is 1. The van der Waals surface area contributed by atoms with Gasteiger partial charge < -0.3 is 15.2 Å². The highest BCUT2D eigenvalue weighted by Gasteiger charge is 2.76. The van der Waals surface area contributed by atoms with E-state index in [0.29, 0.717) is 0 Å². The van der Waals surface area contributed by atoms with Crippen molar-refractivity contribution in [2.24, 2.45) is 5.92 Å². The van der Waals surface area contributed by atoms with Crippen molar-refractivity contribution in [3.8, 4) is 0 Å². The van der Waals surface area contributed by atoms with Crippen molar-refractivity contribution < 1.29 is 45.4 Å². The Bertz CT molecular complexity index is 406. The van der Waals surface area contributed by atoms with E-state index in [2.05, 4.69) is 0 Å². The monoisotopic (exact) mass is 326 g/mol. The van der Waals surface area contributed by atoms with E-state index in [4.69, 9.17) is 0 Å². The molecule has 0 aromatic rings. The maximum Gasteiger partial charge on any atom is 0.460 e. The molecule has 0 heterocycles. The summed E-state index contributed by atoms with van der Waals surface area (Å²) in [7, 11) is 0. The van der Waals surface area contributed by atoms with E-state index in [0.717, 1.165) is 5.32 Å². The Morgan fingerprint density at radius 3 is 1.76 bits per heavy atom. The lowest BCUT2D eigenvalue weighted by molar-refractivity contribution is -0.344. The van der Waals surface area contributed by atoms with Crippen LogP contribution >= 0.6 is 0 Å². The average molecular weight is 326 g/mol. The van der Waals surface area contributed by atoms with Crippen LogP contribution in [0.15, 0.2) is 0 Å². The predicted molar refractivity (Wildman–Crippen MR) is 52.3 cm³/mol. The summed E-state index contributed by atoms with van der Waals surface area (Å²) < 4.78 is 86.6. The Kier molecular flexibility index (Phi) is 5.61. The van der Waals surface area contributed by atoms with Crippen LogP contribution < -0.4 is 10.4 Å². The van der Waals surface area contributed by atoms with Crippen LogP contribution in [0.4, 0.5) is 30.7 Å². The van der Waals surface area contributed by atoms with Gasteiger partial charge in [0.05, 0.1) is 12.0 Å². The fourth-order valence-corrected chi connectivity index (χ4v) is 1.25. The molecule has 124 valence electrons. The first-order valence-electron chi connectivity index (χ1n) is 5.48. The smallest absolute Gasteiger partial charge is 0.460 e. The number of nitrogens with one attached hydrogen (secondary N) is 1.